The van der Waals surface area contributed by atoms with Crippen LogP contribution in [0.3, 0.4) is 0 Å². The van der Waals surface area contributed by atoms with Crippen molar-refractivity contribution in [2.24, 2.45) is 0 Å². The molecule has 94 valence electrons. The Hall–Kier alpha value is -1.32. The van der Waals surface area contributed by atoms with Gasteiger partial charge in [-0.05, 0) is 35.6 Å². The summed E-state index contributed by atoms with van der Waals surface area (Å²) in [5.41, 5.74) is 1.13. The average molecular weight is 280 g/mol. The fourth-order valence-corrected chi connectivity index (χ4v) is 2.37. The average Bonchev–Trinajstić information content (AvgIpc) is 2.89. The smallest absolute Gasteiger partial charge is 0.220 e. The predicted octanol–water partition coefficient (Wildman–Crippen LogP) is 3.65. The molecule has 1 amide bonds. The number of benzene rings is 1. The van der Waals surface area contributed by atoms with E-state index in [9.17, 15) is 4.79 Å². The van der Waals surface area contributed by atoms with E-state index < -0.39 is 0 Å². The highest BCUT2D eigenvalue weighted by atomic mass is 35.5. The second-order valence-corrected chi connectivity index (χ2v) is 5.45. The lowest BCUT2D eigenvalue weighted by Crippen LogP contribution is -2.22. The van der Waals surface area contributed by atoms with Crippen LogP contribution in [-0.4, -0.2) is 5.91 Å². The first-order valence-electron chi connectivity index (χ1n) is 5.77. The molecule has 0 spiro atoms. The summed E-state index contributed by atoms with van der Waals surface area (Å²) in [6.07, 6.45) is 1.25. The molecule has 0 aliphatic rings. The van der Waals surface area contributed by atoms with E-state index in [4.69, 9.17) is 11.6 Å². The van der Waals surface area contributed by atoms with Gasteiger partial charge in [0.05, 0.1) is 6.54 Å². The van der Waals surface area contributed by atoms with Gasteiger partial charge in [0.1, 0.15) is 0 Å². The largest absolute Gasteiger partial charge is 0.351 e. The number of halogens is 1. The van der Waals surface area contributed by atoms with Gasteiger partial charge in [-0.3, -0.25) is 4.79 Å². The molecule has 2 nitrogen and oxygen atoms in total. The van der Waals surface area contributed by atoms with Crippen LogP contribution in [0.4, 0.5) is 0 Å². The van der Waals surface area contributed by atoms with Gasteiger partial charge in [0.15, 0.2) is 0 Å². The number of carbonyl (C=O) groups is 1. The molecule has 0 aliphatic heterocycles. The van der Waals surface area contributed by atoms with E-state index in [1.165, 1.54) is 4.88 Å². The molecular weight excluding hydrogens is 266 g/mol. The summed E-state index contributed by atoms with van der Waals surface area (Å²) < 4.78 is 0. The Morgan fingerprint density at radius 1 is 1.22 bits per heavy atom. The van der Waals surface area contributed by atoms with Crippen molar-refractivity contribution in [1.29, 1.82) is 0 Å². The fourth-order valence-electron chi connectivity index (χ4n) is 1.60. The maximum Gasteiger partial charge on any atom is 0.220 e. The Kier molecular flexibility index (Phi) is 4.79. The summed E-state index contributed by atoms with van der Waals surface area (Å²) in [6.45, 7) is 0.622. The maximum atomic E-state index is 11.6. The summed E-state index contributed by atoms with van der Waals surface area (Å²) in [5.74, 6) is 0.0818. The van der Waals surface area contributed by atoms with Crippen LogP contribution in [0.5, 0.6) is 0 Å². The van der Waals surface area contributed by atoms with Gasteiger partial charge in [-0.15, -0.1) is 11.3 Å². The van der Waals surface area contributed by atoms with Crippen LogP contribution >= 0.6 is 22.9 Å². The third kappa shape index (κ3) is 4.17. The minimum atomic E-state index is 0.0818. The quantitative estimate of drug-likeness (QED) is 0.889. The van der Waals surface area contributed by atoms with Crippen molar-refractivity contribution >= 4 is 28.8 Å². The summed E-state index contributed by atoms with van der Waals surface area (Å²) >= 11 is 7.45. The highest BCUT2D eigenvalue weighted by Gasteiger charge is 2.02. The normalized spacial score (nSPS) is 10.3. The Morgan fingerprint density at radius 3 is 2.67 bits per heavy atom. The van der Waals surface area contributed by atoms with Crippen LogP contribution in [0.25, 0.3) is 0 Å². The van der Waals surface area contributed by atoms with E-state index in [0.717, 1.165) is 17.0 Å². The molecule has 0 fully saturated rings. The highest BCUT2D eigenvalue weighted by Crippen LogP contribution is 2.11. The number of aryl methyl sites for hydroxylation is 1. The number of amides is 1. The van der Waals surface area contributed by atoms with Crippen LogP contribution in [0.2, 0.25) is 5.02 Å². The van der Waals surface area contributed by atoms with Crippen LogP contribution in [0.15, 0.2) is 41.8 Å². The molecule has 1 N–H and O–H groups in total. The topological polar surface area (TPSA) is 29.1 Å². The van der Waals surface area contributed by atoms with Crippen molar-refractivity contribution in [3.8, 4) is 0 Å². The zero-order valence-electron chi connectivity index (χ0n) is 9.86. The molecule has 1 aromatic heterocycles. The number of thiophene rings is 1. The Labute approximate surface area is 116 Å². The molecule has 0 saturated heterocycles. The molecule has 0 radical (unpaired) electrons. The third-order valence-corrected chi connectivity index (χ3v) is 3.72. The molecule has 0 saturated carbocycles. The van der Waals surface area contributed by atoms with Gasteiger partial charge in [0.25, 0.3) is 0 Å². The standard InChI is InChI=1S/C14H14ClNOS/c15-12-6-3-11(4-7-12)5-8-14(17)16-10-13-2-1-9-18-13/h1-4,6-7,9H,5,8,10H2,(H,16,17). The summed E-state index contributed by atoms with van der Waals surface area (Å²) in [4.78, 5) is 12.8. The second-order valence-electron chi connectivity index (χ2n) is 3.98. The first kappa shape index (κ1) is 13.1. The first-order valence-corrected chi connectivity index (χ1v) is 7.03. The van der Waals surface area contributed by atoms with Gasteiger partial charge in [0, 0.05) is 16.3 Å². The second kappa shape index (κ2) is 6.57. The number of hydrogen-bond donors (Lipinski definition) is 1. The highest BCUT2D eigenvalue weighted by molar-refractivity contribution is 7.09. The van der Waals surface area contributed by atoms with E-state index in [2.05, 4.69) is 5.32 Å². The van der Waals surface area contributed by atoms with E-state index in [0.29, 0.717) is 13.0 Å². The van der Waals surface area contributed by atoms with Gasteiger partial charge in [-0.2, -0.15) is 0 Å². The fraction of sp³-hybridized carbons (Fsp3) is 0.214. The summed E-state index contributed by atoms with van der Waals surface area (Å²) in [5, 5.41) is 5.64. The monoisotopic (exact) mass is 279 g/mol. The van der Waals surface area contributed by atoms with Crippen LogP contribution < -0.4 is 5.32 Å². The van der Waals surface area contributed by atoms with E-state index in [1.807, 2.05) is 41.8 Å². The number of nitrogens with one attached hydrogen (secondary N) is 1. The molecule has 0 aliphatic carbocycles. The molecular formula is C14H14ClNOS. The lowest BCUT2D eigenvalue weighted by atomic mass is 10.1. The molecule has 2 rings (SSSR count). The molecule has 1 heterocycles. The summed E-state index contributed by atoms with van der Waals surface area (Å²) in [6, 6.07) is 11.6. The zero-order valence-corrected chi connectivity index (χ0v) is 11.4. The molecule has 18 heavy (non-hydrogen) atoms. The molecule has 0 unspecified atom stereocenters. The molecule has 0 atom stereocenters. The Bertz CT molecular complexity index is 493. The minimum absolute atomic E-state index is 0.0818. The van der Waals surface area contributed by atoms with Crippen LogP contribution in [0.1, 0.15) is 16.9 Å². The van der Waals surface area contributed by atoms with Gasteiger partial charge in [-0.25, -0.2) is 0 Å². The van der Waals surface area contributed by atoms with Gasteiger partial charge >= 0.3 is 0 Å². The molecule has 4 heteroatoms. The van der Waals surface area contributed by atoms with E-state index >= 15 is 0 Å². The Morgan fingerprint density at radius 2 is 2.00 bits per heavy atom. The molecule has 2 aromatic rings. The van der Waals surface area contributed by atoms with Crippen LogP contribution in [0, 0.1) is 0 Å². The number of rotatable bonds is 5. The minimum Gasteiger partial charge on any atom is -0.351 e. The SMILES string of the molecule is O=C(CCc1ccc(Cl)cc1)NCc1cccs1. The van der Waals surface area contributed by atoms with Crippen molar-refractivity contribution in [1.82, 2.24) is 5.32 Å². The predicted molar refractivity (Wildman–Crippen MR) is 75.9 cm³/mol. The lowest BCUT2D eigenvalue weighted by Gasteiger charge is -2.04. The Balaban J connectivity index is 1.73. The third-order valence-electron chi connectivity index (χ3n) is 2.59. The molecule has 1 aromatic carbocycles. The molecule has 0 bridgehead atoms. The van der Waals surface area contributed by atoms with Crippen molar-refractivity contribution in [3.63, 3.8) is 0 Å². The number of hydrogen-bond acceptors (Lipinski definition) is 2. The van der Waals surface area contributed by atoms with E-state index in [-0.39, 0.29) is 5.91 Å². The van der Waals surface area contributed by atoms with Crippen molar-refractivity contribution in [2.75, 3.05) is 0 Å². The zero-order chi connectivity index (χ0) is 12.8. The van der Waals surface area contributed by atoms with Crippen molar-refractivity contribution in [2.45, 2.75) is 19.4 Å². The van der Waals surface area contributed by atoms with Gasteiger partial charge < -0.3 is 5.32 Å². The van der Waals surface area contributed by atoms with E-state index in [1.54, 1.807) is 11.3 Å². The first-order chi connectivity index (χ1) is 8.74. The maximum absolute atomic E-state index is 11.6. The van der Waals surface area contributed by atoms with Crippen LogP contribution in [-0.2, 0) is 17.8 Å². The van der Waals surface area contributed by atoms with Gasteiger partial charge in [0.2, 0.25) is 5.91 Å². The van der Waals surface area contributed by atoms with Gasteiger partial charge in [-0.1, -0.05) is 29.8 Å². The van der Waals surface area contributed by atoms with Crippen molar-refractivity contribution in [3.05, 3.63) is 57.2 Å². The summed E-state index contributed by atoms with van der Waals surface area (Å²) in [7, 11) is 0. The van der Waals surface area contributed by atoms with Crippen molar-refractivity contribution < 1.29 is 4.79 Å². The lowest BCUT2D eigenvalue weighted by molar-refractivity contribution is -0.121. The number of carbonyl (C=O) groups excluding carboxylic acids is 1.